The Balaban J connectivity index is 1.26. The molecule has 0 unspecified atom stereocenters. The molecule has 10 nitrogen and oxygen atoms in total. The summed E-state index contributed by atoms with van der Waals surface area (Å²) in [5.74, 6) is 0.742. The Labute approximate surface area is 214 Å². The van der Waals surface area contributed by atoms with Gasteiger partial charge in [0.05, 0.1) is 24.8 Å². The first-order valence-corrected chi connectivity index (χ1v) is 11.9. The second kappa shape index (κ2) is 10.4. The largest absolute Gasteiger partial charge is 0.493 e. The number of halogens is 3. The quantitative estimate of drug-likeness (QED) is 0.425. The van der Waals surface area contributed by atoms with Crippen molar-refractivity contribution in [2.24, 2.45) is 0 Å². The van der Waals surface area contributed by atoms with Gasteiger partial charge in [0.1, 0.15) is 25.0 Å². The van der Waals surface area contributed by atoms with Crippen LogP contribution in [-0.2, 0) is 12.6 Å². The summed E-state index contributed by atoms with van der Waals surface area (Å²) in [5.41, 5.74) is -0.0195. The Morgan fingerprint density at radius 1 is 1.13 bits per heavy atom. The van der Waals surface area contributed by atoms with Crippen LogP contribution in [0.4, 0.5) is 18.0 Å². The predicted octanol–water partition coefficient (Wildman–Crippen LogP) is 4.32. The fourth-order valence-electron chi connectivity index (χ4n) is 4.47. The monoisotopic (exact) mass is 535 g/mol. The molecule has 0 radical (unpaired) electrons. The van der Waals surface area contributed by atoms with Crippen molar-refractivity contribution in [2.45, 2.75) is 37.6 Å². The van der Waals surface area contributed by atoms with Gasteiger partial charge < -0.3 is 28.9 Å². The molecule has 0 spiro atoms. The van der Waals surface area contributed by atoms with E-state index < -0.39 is 30.0 Å². The van der Waals surface area contributed by atoms with E-state index in [-0.39, 0.29) is 42.6 Å². The molecule has 0 bridgehead atoms. The maximum Gasteiger partial charge on any atom is 0.419 e. The van der Waals surface area contributed by atoms with E-state index in [4.69, 9.17) is 18.7 Å². The Morgan fingerprint density at radius 3 is 2.68 bits per heavy atom. The van der Waals surface area contributed by atoms with E-state index in [0.29, 0.717) is 37.6 Å². The molecule has 2 aromatic carbocycles. The lowest BCUT2D eigenvalue weighted by molar-refractivity contribution is -0.138. The van der Waals surface area contributed by atoms with E-state index in [2.05, 4.69) is 10.1 Å². The van der Waals surface area contributed by atoms with Crippen molar-refractivity contribution in [1.82, 2.24) is 15.0 Å². The van der Waals surface area contributed by atoms with Crippen LogP contribution in [0, 0.1) is 0 Å². The zero-order valence-corrected chi connectivity index (χ0v) is 20.0. The van der Waals surface area contributed by atoms with Crippen LogP contribution in [0.25, 0.3) is 11.4 Å². The minimum atomic E-state index is -4.70. The molecule has 2 aliphatic rings. The fraction of sp³-hybridized carbons (Fsp3) is 0.400. The summed E-state index contributed by atoms with van der Waals surface area (Å²) >= 11 is 0. The number of benzene rings is 2. The zero-order chi connectivity index (χ0) is 26.9. The Morgan fingerprint density at radius 2 is 1.92 bits per heavy atom. The van der Waals surface area contributed by atoms with Crippen LogP contribution >= 0.6 is 0 Å². The highest BCUT2D eigenvalue weighted by molar-refractivity contribution is 5.66. The van der Waals surface area contributed by atoms with Crippen LogP contribution in [0.2, 0.25) is 0 Å². The third-order valence-corrected chi connectivity index (χ3v) is 6.27. The molecular weight excluding hydrogens is 511 g/mol. The Kier molecular flexibility index (Phi) is 7.02. The number of aryl methyl sites for hydroxylation is 1. The molecule has 38 heavy (non-hydrogen) atoms. The summed E-state index contributed by atoms with van der Waals surface area (Å²) in [5, 5.41) is 22.9. The Bertz CT molecular complexity index is 1310. The summed E-state index contributed by atoms with van der Waals surface area (Å²) < 4.78 is 63.2. The van der Waals surface area contributed by atoms with E-state index in [0.717, 1.165) is 16.5 Å². The van der Waals surface area contributed by atoms with E-state index in [1.54, 1.807) is 0 Å². The molecule has 3 aromatic rings. The molecule has 3 heterocycles. The molecular formula is C25H24F3N3O7. The second-order valence-corrected chi connectivity index (χ2v) is 8.94. The number of fused-ring (bicyclic) bond motifs is 1. The number of nitrogens with zero attached hydrogens (tertiary/aromatic N) is 3. The van der Waals surface area contributed by atoms with Gasteiger partial charge in [-0.1, -0.05) is 11.2 Å². The number of aromatic nitrogens is 2. The molecule has 2 aliphatic heterocycles. The van der Waals surface area contributed by atoms with E-state index in [1.807, 2.05) is 18.2 Å². The minimum Gasteiger partial charge on any atom is -0.493 e. The van der Waals surface area contributed by atoms with Gasteiger partial charge in [-0.3, -0.25) is 4.90 Å². The average molecular weight is 535 g/mol. The van der Waals surface area contributed by atoms with Gasteiger partial charge in [-0.2, -0.15) is 18.2 Å². The van der Waals surface area contributed by atoms with Crippen LogP contribution < -0.4 is 14.2 Å². The second-order valence-electron chi connectivity index (χ2n) is 8.94. The van der Waals surface area contributed by atoms with Crippen LogP contribution in [0.3, 0.4) is 0 Å². The van der Waals surface area contributed by atoms with E-state index in [1.165, 1.54) is 12.1 Å². The lowest BCUT2D eigenvalue weighted by Crippen LogP contribution is -2.30. The molecule has 0 saturated carbocycles. The highest BCUT2D eigenvalue weighted by atomic mass is 19.4. The molecule has 2 atom stereocenters. The van der Waals surface area contributed by atoms with Gasteiger partial charge in [-0.15, -0.1) is 0 Å². The van der Waals surface area contributed by atoms with Crippen molar-refractivity contribution in [3.8, 4) is 28.6 Å². The van der Waals surface area contributed by atoms with Crippen LogP contribution in [-0.4, -0.2) is 63.8 Å². The lowest BCUT2D eigenvalue weighted by atomic mass is 10.1. The van der Waals surface area contributed by atoms with Crippen LogP contribution in [0.1, 0.15) is 35.9 Å². The standard InChI is InChI=1S/C25H24F3N3O7/c26-25(27,28)17-11-15(22-29-23(38-30-22)18-12-16(32)13-31(18)24(33)34)4-6-19(17)35-7-1-2-14-3-5-20-21(10-14)37-9-8-36-20/h3-6,10-11,16,18,32H,1-2,7-9,12-13H2,(H,33,34)/t16-,18+/m1/s1. The van der Waals surface area contributed by atoms with Gasteiger partial charge in [-0.05, 0) is 48.7 Å². The number of hydrogen-bond acceptors (Lipinski definition) is 8. The number of rotatable bonds is 7. The molecule has 13 heteroatoms. The molecule has 202 valence electrons. The van der Waals surface area contributed by atoms with Crippen molar-refractivity contribution in [3.05, 3.63) is 53.4 Å². The number of likely N-dealkylation sites (tertiary alicyclic amines) is 1. The Hall–Kier alpha value is -4.00. The van der Waals surface area contributed by atoms with Gasteiger partial charge in [0.25, 0.3) is 0 Å². The third kappa shape index (κ3) is 5.47. The summed E-state index contributed by atoms with van der Waals surface area (Å²) in [6, 6.07) is 8.09. The molecule has 1 aromatic heterocycles. The summed E-state index contributed by atoms with van der Waals surface area (Å²) in [4.78, 5) is 16.5. The first kappa shape index (κ1) is 25.6. The number of β-amino-alcohol motifs (C(OH)–C–C–N with tert-alkyl or cyclic N) is 1. The van der Waals surface area contributed by atoms with Gasteiger partial charge in [0, 0.05) is 12.0 Å². The molecule has 0 aliphatic carbocycles. The minimum absolute atomic E-state index is 0.0244. The SMILES string of the molecule is O=C(O)N1C[C@H](O)C[C@H]1c1nc(-c2ccc(OCCCc3ccc4c(c3)OCCO4)c(C(F)(F)F)c2)no1. The summed E-state index contributed by atoms with van der Waals surface area (Å²) in [6.45, 7) is 0.878. The van der Waals surface area contributed by atoms with Crippen molar-refractivity contribution < 1.29 is 46.9 Å². The van der Waals surface area contributed by atoms with Gasteiger partial charge >= 0.3 is 12.3 Å². The fourth-order valence-corrected chi connectivity index (χ4v) is 4.47. The number of aliphatic hydroxyl groups is 1. The van der Waals surface area contributed by atoms with E-state index in [9.17, 15) is 28.2 Å². The zero-order valence-electron chi connectivity index (χ0n) is 20.0. The van der Waals surface area contributed by atoms with Gasteiger partial charge in [0.2, 0.25) is 11.7 Å². The number of ether oxygens (including phenoxy) is 3. The van der Waals surface area contributed by atoms with Gasteiger partial charge in [0.15, 0.2) is 11.5 Å². The van der Waals surface area contributed by atoms with Crippen molar-refractivity contribution >= 4 is 6.09 Å². The third-order valence-electron chi connectivity index (χ3n) is 6.27. The average Bonchev–Trinajstić information content (AvgIpc) is 3.53. The normalized spacial score (nSPS) is 19.0. The summed E-state index contributed by atoms with van der Waals surface area (Å²) in [6.07, 6.45) is -5.80. The highest BCUT2D eigenvalue weighted by Gasteiger charge is 2.39. The lowest BCUT2D eigenvalue weighted by Gasteiger charge is -2.19. The smallest absolute Gasteiger partial charge is 0.419 e. The topological polar surface area (TPSA) is 127 Å². The number of aliphatic hydroxyl groups excluding tert-OH is 1. The maximum atomic E-state index is 13.8. The predicted molar refractivity (Wildman–Crippen MR) is 124 cm³/mol. The molecule has 1 saturated heterocycles. The first-order chi connectivity index (χ1) is 18.2. The van der Waals surface area contributed by atoms with Crippen LogP contribution in [0.5, 0.6) is 17.2 Å². The number of carbonyl (C=O) groups is 1. The molecule has 5 rings (SSSR count). The van der Waals surface area contributed by atoms with Crippen molar-refractivity contribution in [3.63, 3.8) is 0 Å². The molecule has 2 N–H and O–H groups in total. The molecule has 1 fully saturated rings. The first-order valence-electron chi connectivity index (χ1n) is 11.9. The van der Waals surface area contributed by atoms with E-state index >= 15 is 0 Å². The van der Waals surface area contributed by atoms with Gasteiger partial charge in [-0.25, -0.2) is 4.79 Å². The highest BCUT2D eigenvalue weighted by Crippen LogP contribution is 2.39. The van der Waals surface area contributed by atoms with Crippen molar-refractivity contribution in [2.75, 3.05) is 26.4 Å². The molecule has 1 amide bonds. The van der Waals surface area contributed by atoms with Crippen LogP contribution in [0.15, 0.2) is 40.9 Å². The number of alkyl halides is 3. The van der Waals surface area contributed by atoms with Crippen molar-refractivity contribution in [1.29, 1.82) is 0 Å². The number of amides is 1. The maximum absolute atomic E-state index is 13.8. The number of hydrogen-bond donors (Lipinski definition) is 2. The summed E-state index contributed by atoms with van der Waals surface area (Å²) in [7, 11) is 0. The number of carboxylic acid groups (broad SMARTS) is 1.